The monoisotopic (exact) mass is 222 g/mol. The van der Waals surface area contributed by atoms with Crippen LogP contribution in [0.4, 0.5) is 0 Å². The zero-order valence-electron chi connectivity index (χ0n) is 10.9. The summed E-state index contributed by atoms with van der Waals surface area (Å²) in [5.41, 5.74) is 0.874. The first-order valence-corrected chi connectivity index (χ1v) is 5.80. The van der Waals surface area contributed by atoms with Crippen molar-refractivity contribution in [1.82, 2.24) is 10.3 Å². The molecule has 1 unspecified atom stereocenters. The summed E-state index contributed by atoms with van der Waals surface area (Å²) in [6.07, 6.45) is 1.79. The first-order chi connectivity index (χ1) is 7.42. The molecule has 16 heavy (non-hydrogen) atoms. The van der Waals surface area contributed by atoms with Gasteiger partial charge in [-0.15, -0.1) is 0 Å². The van der Waals surface area contributed by atoms with Gasteiger partial charge < -0.3 is 10.1 Å². The van der Waals surface area contributed by atoms with Gasteiger partial charge in [-0.25, -0.2) is 0 Å². The van der Waals surface area contributed by atoms with Crippen LogP contribution in [0.3, 0.4) is 0 Å². The van der Waals surface area contributed by atoms with Gasteiger partial charge in [0.2, 0.25) is 0 Å². The SMILES string of the molecule is CCNC(C)c1ccc(OC(C)(C)C)cn1. The van der Waals surface area contributed by atoms with Crippen LogP contribution in [0.5, 0.6) is 5.75 Å². The molecule has 1 heterocycles. The van der Waals surface area contributed by atoms with E-state index in [-0.39, 0.29) is 11.6 Å². The molecular formula is C13H22N2O. The quantitative estimate of drug-likeness (QED) is 0.850. The Kier molecular flexibility index (Phi) is 4.30. The lowest BCUT2D eigenvalue weighted by atomic mass is 10.2. The largest absolute Gasteiger partial charge is 0.487 e. The van der Waals surface area contributed by atoms with E-state index in [1.54, 1.807) is 6.20 Å². The van der Waals surface area contributed by atoms with Gasteiger partial charge in [-0.05, 0) is 46.4 Å². The maximum atomic E-state index is 5.71. The van der Waals surface area contributed by atoms with Crippen LogP contribution < -0.4 is 10.1 Å². The molecule has 3 nitrogen and oxygen atoms in total. The molecule has 0 aliphatic rings. The standard InChI is InChI=1S/C13H22N2O/c1-6-14-10(2)12-8-7-11(9-15-12)16-13(3,4)5/h7-10,14H,6H2,1-5H3. The second kappa shape index (κ2) is 5.30. The highest BCUT2D eigenvalue weighted by atomic mass is 16.5. The summed E-state index contributed by atoms with van der Waals surface area (Å²) < 4.78 is 5.71. The zero-order chi connectivity index (χ0) is 12.2. The van der Waals surface area contributed by atoms with Crippen LogP contribution in [-0.4, -0.2) is 17.1 Å². The van der Waals surface area contributed by atoms with E-state index in [2.05, 4.69) is 24.1 Å². The van der Waals surface area contributed by atoms with Gasteiger partial charge in [0.25, 0.3) is 0 Å². The molecule has 1 atom stereocenters. The summed E-state index contributed by atoms with van der Waals surface area (Å²) in [6, 6.07) is 4.27. The van der Waals surface area contributed by atoms with E-state index in [0.29, 0.717) is 0 Å². The van der Waals surface area contributed by atoms with Gasteiger partial charge in [0.05, 0.1) is 11.9 Å². The van der Waals surface area contributed by atoms with Crippen molar-refractivity contribution in [3.05, 3.63) is 24.0 Å². The highest BCUT2D eigenvalue weighted by Gasteiger charge is 2.12. The van der Waals surface area contributed by atoms with Crippen molar-refractivity contribution in [1.29, 1.82) is 0 Å². The van der Waals surface area contributed by atoms with Crippen molar-refractivity contribution >= 4 is 0 Å². The van der Waals surface area contributed by atoms with Crippen molar-refractivity contribution in [2.24, 2.45) is 0 Å². The normalized spacial score (nSPS) is 13.6. The molecule has 0 saturated carbocycles. The Balaban J connectivity index is 2.68. The summed E-state index contributed by atoms with van der Waals surface area (Å²) in [5, 5.41) is 3.33. The predicted molar refractivity (Wildman–Crippen MR) is 66.7 cm³/mol. The molecule has 90 valence electrons. The highest BCUT2D eigenvalue weighted by molar-refractivity contribution is 5.21. The Labute approximate surface area is 98.2 Å². The second-order valence-electron chi connectivity index (χ2n) is 4.91. The van der Waals surface area contributed by atoms with Crippen LogP contribution in [0.2, 0.25) is 0 Å². The Hall–Kier alpha value is -1.09. The van der Waals surface area contributed by atoms with E-state index in [4.69, 9.17) is 4.74 Å². The predicted octanol–water partition coefficient (Wildman–Crippen LogP) is 2.93. The summed E-state index contributed by atoms with van der Waals surface area (Å²) in [4.78, 5) is 4.39. The first-order valence-electron chi connectivity index (χ1n) is 5.80. The maximum absolute atomic E-state index is 5.71. The molecular weight excluding hydrogens is 200 g/mol. The van der Waals surface area contributed by atoms with E-state index in [9.17, 15) is 0 Å². The molecule has 1 rings (SSSR count). The fraction of sp³-hybridized carbons (Fsp3) is 0.615. The lowest BCUT2D eigenvalue weighted by Gasteiger charge is -2.21. The topological polar surface area (TPSA) is 34.1 Å². The molecule has 1 aromatic rings. The molecule has 0 bridgehead atoms. The molecule has 0 aliphatic heterocycles. The average Bonchev–Trinajstić information content (AvgIpc) is 2.16. The third kappa shape index (κ3) is 4.19. The highest BCUT2D eigenvalue weighted by Crippen LogP contribution is 2.18. The van der Waals surface area contributed by atoms with Gasteiger partial charge in [0.1, 0.15) is 11.4 Å². The van der Waals surface area contributed by atoms with Gasteiger partial charge in [0.15, 0.2) is 0 Å². The van der Waals surface area contributed by atoms with E-state index in [1.165, 1.54) is 0 Å². The smallest absolute Gasteiger partial charge is 0.138 e. The van der Waals surface area contributed by atoms with Crippen LogP contribution in [-0.2, 0) is 0 Å². The molecule has 0 spiro atoms. The summed E-state index contributed by atoms with van der Waals surface area (Å²) in [6.45, 7) is 11.2. The molecule has 0 aromatic carbocycles. The van der Waals surface area contributed by atoms with E-state index < -0.39 is 0 Å². The van der Waals surface area contributed by atoms with Gasteiger partial charge in [-0.1, -0.05) is 6.92 Å². The van der Waals surface area contributed by atoms with Crippen LogP contribution in [0.25, 0.3) is 0 Å². The molecule has 0 radical (unpaired) electrons. The number of nitrogens with zero attached hydrogens (tertiary/aromatic N) is 1. The molecule has 0 fully saturated rings. The van der Waals surface area contributed by atoms with Gasteiger partial charge >= 0.3 is 0 Å². The van der Waals surface area contributed by atoms with Crippen LogP contribution >= 0.6 is 0 Å². The average molecular weight is 222 g/mol. The van der Waals surface area contributed by atoms with Crippen molar-refractivity contribution < 1.29 is 4.74 Å². The fourth-order valence-electron chi connectivity index (χ4n) is 1.47. The minimum absolute atomic E-state index is 0.170. The molecule has 0 amide bonds. The van der Waals surface area contributed by atoms with Gasteiger partial charge in [-0.3, -0.25) is 4.98 Å². The van der Waals surface area contributed by atoms with E-state index in [0.717, 1.165) is 18.0 Å². The third-order valence-electron chi connectivity index (χ3n) is 2.14. The van der Waals surface area contributed by atoms with E-state index in [1.807, 2.05) is 32.9 Å². The number of hydrogen-bond donors (Lipinski definition) is 1. The molecule has 3 heteroatoms. The van der Waals surface area contributed by atoms with Gasteiger partial charge in [0, 0.05) is 6.04 Å². The van der Waals surface area contributed by atoms with Crippen LogP contribution in [0, 0.1) is 0 Å². The number of nitrogens with one attached hydrogen (secondary N) is 1. The van der Waals surface area contributed by atoms with Crippen molar-refractivity contribution in [3.8, 4) is 5.75 Å². The number of rotatable bonds is 4. The third-order valence-corrected chi connectivity index (χ3v) is 2.14. The Morgan fingerprint density at radius 3 is 2.50 bits per heavy atom. The number of hydrogen-bond acceptors (Lipinski definition) is 3. The van der Waals surface area contributed by atoms with Crippen molar-refractivity contribution in [2.75, 3.05) is 6.54 Å². The van der Waals surface area contributed by atoms with Crippen LogP contribution in [0.15, 0.2) is 18.3 Å². The first kappa shape index (κ1) is 13.0. The Morgan fingerprint density at radius 2 is 2.06 bits per heavy atom. The lowest BCUT2D eigenvalue weighted by Crippen LogP contribution is -2.23. The minimum atomic E-state index is -0.170. The minimum Gasteiger partial charge on any atom is -0.487 e. The number of pyridine rings is 1. The Bertz CT molecular complexity index is 314. The fourth-order valence-corrected chi connectivity index (χ4v) is 1.47. The van der Waals surface area contributed by atoms with Crippen molar-refractivity contribution in [2.45, 2.75) is 46.3 Å². The molecule has 0 aliphatic carbocycles. The molecule has 1 aromatic heterocycles. The van der Waals surface area contributed by atoms with Crippen molar-refractivity contribution in [3.63, 3.8) is 0 Å². The maximum Gasteiger partial charge on any atom is 0.138 e. The lowest BCUT2D eigenvalue weighted by molar-refractivity contribution is 0.130. The molecule has 1 N–H and O–H groups in total. The molecule has 0 saturated heterocycles. The number of ether oxygens (including phenoxy) is 1. The summed E-state index contributed by atoms with van der Waals surface area (Å²) in [5.74, 6) is 0.819. The van der Waals surface area contributed by atoms with Gasteiger partial charge in [-0.2, -0.15) is 0 Å². The zero-order valence-corrected chi connectivity index (χ0v) is 10.9. The summed E-state index contributed by atoms with van der Waals surface area (Å²) in [7, 11) is 0. The Morgan fingerprint density at radius 1 is 1.38 bits per heavy atom. The second-order valence-corrected chi connectivity index (χ2v) is 4.91. The van der Waals surface area contributed by atoms with E-state index >= 15 is 0 Å². The summed E-state index contributed by atoms with van der Waals surface area (Å²) >= 11 is 0. The number of aromatic nitrogens is 1. The van der Waals surface area contributed by atoms with Crippen LogP contribution in [0.1, 0.15) is 46.4 Å².